The summed E-state index contributed by atoms with van der Waals surface area (Å²) in [6.45, 7) is 1.89. The van der Waals surface area contributed by atoms with Crippen LogP contribution in [0.15, 0.2) is 85.3 Å². The Labute approximate surface area is 227 Å². The van der Waals surface area contributed by atoms with Gasteiger partial charge in [0, 0.05) is 29.8 Å². The Morgan fingerprint density at radius 3 is 2.49 bits per heavy atom. The second-order valence-electron chi connectivity index (χ2n) is 9.00. The standard InChI is InChI=1S/C29H31N7O3/c1-36(2)16-6-15-30-27(37)13-14-28(38)35-26-17-24-25(18-31-26)32-20-33-29(24)34-22-9-11-23(12-10-22)39-19-21-7-4-3-5-8-21/h3-5,7-14,17-18,20H,6,15-16,19H2,1-2H3,(H,30,37)(H,31,35,38)(H,32,33,34). The number of rotatable bonds is 12. The number of benzene rings is 2. The van der Waals surface area contributed by atoms with Crippen LogP contribution in [-0.2, 0) is 16.2 Å². The lowest BCUT2D eigenvalue weighted by molar-refractivity contribution is -0.117. The van der Waals surface area contributed by atoms with Crippen molar-refractivity contribution in [2.24, 2.45) is 0 Å². The van der Waals surface area contributed by atoms with Crippen LogP contribution in [-0.4, -0.2) is 58.9 Å². The van der Waals surface area contributed by atoms with Gasteiger partial charge >= 0.3 is 0 Å². The smallest absolute Gasteiger partial charge is 0.249 e. The van der Waals surface area contributed by atoms with E-state index in [-0.39, 0.29) is 5.91 Å². The first-order valence-corrected chi connectivity index (χ1v) is 12.5. The minimum absolute atomic E-state index is 0.311. The summed E-state index contributed by atoms with van der Waals surface area (Å²) >= 11 is 0. The second-order valence-corrected chi connectivity index (χ2v) is 9.00. The van der Waals surface area contributed by atoms with Crippen LogP contribution in [0.5, 0.6) is 5.75 Å². The second kappa shape index (κ2) is 13.6. The average molecular weight is 526 g/mol. The molecule has 2 aromatic carbocycles. The van der Waals surface area contributed by atoms with Crippen LogP contribution in [0.4, 0.5) is 17.3 Å². The molecule has 10 nitrogen and oxygen atoms in total. The molecule has 0 spiro atoms. The first kappa shape index (κ1) is 27.2. The molecule has 2 amide bonds. The van der Waals surface area contributed by atoms with Crippen molar-refractivity contribution in [3.63, 3.8) is 0 Å². The summed E-state index contributed by atoms with van der Waals surface area (Å²) in [6, 6.07) is 19.2. The number of nitrogens with one attached hydrogen (secondary N) is 3. The molecule has 0 unspecified atom stereocenters. The Hall–Kier alpha value is -4.83. The number of amides is 2. The van der Waals surface area contributed by atoms with Crippen LogP contribution >= 0.6 is 0 Å². The molecule has 200 valence electrons. The minimum atomic E-state index is -0.470. The molecule has 3 N–H and O–H groups in total. The fourth-order valence-electron chi connectivity index (χ4n) is 3.62. The van der Waals surface area contributed by atoms with Crippen LogP contribution in [0.25, 0.3) is 10.9 Å². The molecule has 0 aliphatic carbocycles. The van der Waals surface area contributed by atoms with Crippen LogP contribution < -0.4 is 20.7 Å². The molecule has 2 heterocycles. The number of carbonyl (C=O) groups is 2. The minimum Gasteiger partial charge on any atom is -0.489 e. The summed E-state index contributed by atoms with van der Waals surface area (Å²) in [5, 5.41) is 9.38. The highest BCUT2D eigenvalue weighted by atomic mass is 16.5. The lowest BCUT2D eigenvalue weighted by Gasteiger charge is -2.11. The van der Waals surface area contributed by atoms with Gasteiger partial charge in [-0.3, -0.25) is 9.59 Å². The third-order valence-corrected chi connectivity index (χ3v) is 5.61. The van der Waals surface area contributed by atoms with Gasteiger partial charge in [0.2, 0.25) is 11.8 Å². The number of fused-ring (bicyclic) bond motifs is 1. The van der Waals surface area contributed by atoms with Gasteiger partial charge in [-0.1, -0.05) is 30.3 Å². The first-order chi connectivity index (χ1) is 19.0. The quantitative estimate of drug-likeness (QED) is 0.188. The van der Waals surface area contributed by atoms with Crippen molar-refractivity contribution in [3.05, 3.63) is 90.9 Å². The van der Waals surface area contributed by atoms with E-state index < -0.39 is 5.91 Å². The predicted molar refractivity (Wildman–Crippen MR) is 152 cm³/mol. The SMILES string of the molecule is CN(C)CCCNC(=O)C=CC(=O)Nc1cc2c(Nc3ccc(OCc4ccccc4)cc3)ncnc2cn1. The van der Waals surface area contributed by atoms with Crippen LogP contribution in [0.3, 0.4) is 0 Å². The molecule has 4 rings (SSSR count). The summed E-state index contributed by atoms with van der Waals surface area (Å²) in [7, 11) is 3.94. The maximum absolute atomic E-state index is 12.3. The monoisotopic (exact) mass is 525 g/mol. The van der Waals surface area contributed by atoms with Gasteiger partial charge in [0.15, 0.2) is 0 Å². The molecule has 0 saturated carbocycles. The Morgan fingerprint density at radius 1 is 0.949 bits per heavy atom. The van der Waals surface area contributed by atoms with E-state index in [1.165, 1.54) is 18.5 Å². The number of anilines is 3. The topological polar surface area (TPSA) is 121 Å². The molecule has 0 fully saturated rings. The zero-order valence-corrected chi connectivity index (χ0v) is 21.9. The summed E-state index contributed by atoms with van der Waals surface area (Å²) < 4.78 is 5.85. The number of carbonyl (C=O) groups excluding carboxylic acids is 2. The Kier molecular flexibility index (Phi) is 9.52. The fourth-order valence-corrected chi connectivity index (χ4v) is 3.62. The molecule has 4 aromatic rings. The van der Waals surface area contributed by atoms with Gasteiger partial charge in [0.25, 0.3) is 0 Å². The molecule has 0 atom stereocenters. The molecular weight excluding hydrogens is 494 g/mol. The van der Waals surface area contributed by atoms with E-state index in [0.717, 1.165) is 30.0 Å². The van der Waals surface area contributed by atoms with Gasteiger partial charge in [-0.05, 0) is 63.0 Å². The maximum atomic E-state index is 12.3. The largest absolute Gasteiger partial charge is 0.489 e. The van der Waals surface area contributed by atoms with Crippen molar-refractivity contribution in [1.29, 1.82) is 0 Å². The van der Waals surface area contributed by atoms with E-state index in [1.54, 1.807) is 12.3 Å². The lowest BCUT2D eigenvalue weighted by atomic mass is 10.2. The van der Waals surface area contributed by atoms with E-state index in [1.807, 2.05) is 73.6 Å². The molecule has 2 aromatic heterocycles. The highest BCUT2D eigenvalue weighted by Crippen LogP contribution is 2.26. The third kappa shape index (κ3) is 8.61. The molecule has 0 aliphatic heterocycles. The summed E-state index contributed by atoms with van der Waals surface area (Å²) in [6.07, 6.45) is 6.20. The number of aromatic nitrogens is 3. The Morgan fingerprint density at radius 2 is 1.72 bits per heavy atom. The summed E-state index contributed by atoms with van der Waals surface area (Å²) in [5.74, 6) is 0.825. The van der Waals surface area contributed by atoms with Crippen molar-refractivity contribution in [2.75, 3.05) is 37.8 Å². The number of hydrogen-bond acceptors (Lipinski definition) is 8. The lowest BCUT2D eigenvalue weighted by Crippen LogP contribution is -2.25. The van der Waals surface area contributed by atoms with E-state index >= 15 is 0 Å². The van der Waals surface area contributed by atoms with Crippen molar-refractivity contribution < 1.29 is 14.3 Å². The maximum Gasteiger partial charge on any atom is 0.249 e. The summed E-state index contributed by atoms with van der Waals surface area (Å²) in [5.41, 5.74) is 2.52. The van der Waals surface area contributed by atoms with Crippen molar-refractivity contribution in [2.45, 2.75) is 13.0 Å². The predicted octanol–water partition coefficient (Wildman–Crippen LogP) is 3.91. The van der Waals surface area contributed by atoms with Crippen molar-refractivity contribution in [1.82, 2.24) is 25.2 Å². The van der Waals surface area contributed by atoms with E-state index in [4.69, 9.17) is 4.74 Å². The molecule has 10 heteroatoms. The molecular formula is C29H31N7O3. The first-order valence-electron chi connectivity index (χ1n) is 12.5. The molecule has 39 heavy (non-hydrogen) atoms. The molecule has 0 aliphatic rings. The highest BCUT2D eigenvalue weighted by molar-refractivity contribution is 6.04. The number of hydrogen-bond donors (Lipinski definition) is 3. The number of pyridine rings is 1. The fraction of sp³-hybridized carbons (Fsp3) is 0.207. The van der Waals surface area contributed by atoms with Crippen molar-refractivity contribution >= 4 is 40.0 Å². The number of ether oxygens (including phenoxy) is 1. The number of nitrogens with zero attached hydrogens (tertiary/aromatic N) is 4. The van der Waals surface area contributed by atoms with Crippen LogP contribution in [0.1, 0.15) is 12.0 Å². The van der Waals surface area contributed by atoms with Gasteiger partial charge in [-0.15, -0.1) is 0 Å². The molecule has 0 radical (unpaired) electrons. The van der Waals surface area contributed by atoms with Gasteiger partial charge in [0.1, 0.15) is 30.3 Å². The van der Waals surface area contributed by atoms with Crippen LogP contribution in [0, 0.1) is 0 Å². The van der Waals surface area contributed by atoms with Crippen molar-refractivity contribution in [3.8, 4) is 5.75 Å². The molecule has 0 saturated heterocycles. The zero-order chi connectivity index (χ0) is 27.5. The molecule has 0 bridgehead atoms. The zero-order valence-electron chi connectivity index (χ0n) is 21.9. The summed E-state index contributed by atoms with van der Waals surface area (Å²) in [4.78, 5) is 39.2. The Balaban J connectivity index is 1.35. The van der Waals surface area contributed by atoms with E-state index in [2.05, 4.69) is 30.9 Å². The third-order valence-electron chi connectivity index (χ3n) is 5.61. The van der Waals surface area contributed by atoms with E-state index in [0.29, 0.717) is 35.7 Å². The van der Waals surface area contributed by atoms with Gasteiger partial charge in [-0.2, -0.15) is 0 Å². The Bertz CT molecular complexity index is 1420. The van der Waals surface area contributed by atoms with Gasteiger partial charge in [0.05, 0.1) is 11.7 Å². The van der Waals surface area contributed by atoms with Crippen LogP contribution in [0.2, 0.25) is 0 Å². The highest BCUT2D eigenvalue weighted by Gasteiger charge is 2.09. The van der Waals surface area contributed by atoms with Gasteiger partial charge < -0.3 is 25.6 Å². The van der Waals surface area contributed by atoms with Gasteiger partial charge in [-0.25, -0.2) is 15.0 Å². The average Bonchev–Trinajstić information content (AvgIpc) is 2.94. The van der Waals surface area contributed by atoms with E-state index in [9.17, 15) is 9.59 Å². The normalized spacial score (nSPS) is 11.1.